The summed E-state index contributed by atoms with van der Waals surface area (Å²) >= 11 is 0. The van der Waals surface area contributed by atoms with Crippen LogP contribution in [0.1, 0.15) is 36.9 Å². The lowest BCUT2D eigenvalue weighted by Gasteiger charge is -2.37. The van der Waals surface area contributed by atoms with Crippen LogP contribution >= 0.6 is 0 Å². The van der Waals surface area contributed by atoms with Gasteiger partial charge in [0.25, 0.3) is 5.91 Å². The Balaban J connectivity index is 1.34. The lowest BCUT2D eigenvalue weighted by Crippen LogP contribution is -2.52. The van der Waals surface area contributed by atoms with Crippen molar-refractivity contribution in [2.75, 3.05) is 26.2 Å². The van der Waals surface area contributed by atoms with E-state index in [1.807, 2.05) is 13.0 Å². The number of nitrogens with zero attached hydrogens (tertiary/aromatic N) is 5. The highest BCUT2D eigenvalue weighted by Gasteiger charge is 2.32. The molecule has 188 valence electrons. The number of aromatic nitrogens is 2. The molecule has 4 rings (SSSR count). The minimum atomic E-state index is -4.46. The van der Waals surface area contributed by atoms with Crippen LogP contribution in [-0.4, -0.2) is 58.1 Å². The molecule has 1 fully saturated rings. The van der Waals surface area contributed by atoms with Crippen molar-refractivity contribution >= 4 is 5.91 Å². The smallest absolute Gasteiger partial charge is 0.416 e. The Labute approximate surface area is 205 Å². The van der Waals surface area contributed by atoms with Crippen LogP contribution in [0, 0.1) is 11.3 Å². The molecular weight excluding hydrogens is 475 g/mol. The maximum Gasteiger partial charge on any atom is 0.416 e. The average molecular weight is 499 g/mol. The molecule has 0 aliphatic carbocycles. The Kier molecular flexibility index (Phi) is 7.26. The summed E-state index contributed by atoms with van der Waals surface area (Å²) < 4.78 is 50.1. The van der Waals surface area contributed by atoms with Gasteiger partial charge in [-0.1, -0.05) is 23.4 Å². The quantitative estimate of drug-likeness (QED) is 0.499. The molecule has 1 aliphatic heterocycles. The summed E-state index contributed by atoms with van der Waals surface area (Å²) in [4.78, 5) is 20.9. The first kappa shape index (κ1) is 25.2. The number of hydrogen-bond donors (Lipinski definition) is 0. The van der Waals surface area contributed by atoms with E-state index < -0.39 is 17.8 Å². The van der Waals surface area contributed by atoms with Crippen molar-refractivity contribution in [2.24, 2.45) is 0 Å². The van der Waals surface area contributed by atoms with Crippen LogP contribution in [-0.2, 0) is 11.0 Å². The third kappa shape index (κ3) is 5.66. The zero-order valence-electron chi connectivity index (χ0n) is 19.7. The second-order valence-corrected chi connectivity index (χ2v) is 8.47. The van der Waals surface area contributed by atoms with Crippen molar-refractivity contribution in [1.29, 1.82) is 5.26 Å². The van der Waals surface area contributed by atoms with Crippen LogP contribution in [0.5, 0.6) is 5.75 Å². The molecule has 1 aliphatic rings. The van der Waals surface area contributed by atoms with Crippen LogP contribution < -0.4 is 4.74 Å². The van der Waals surface area contributed by atoms with E-state index in [4.69, 9.17) is 14.5 Å². The number of carbonyl (C=O) groups excluding carboxylic acids is 1. The Bertz CT molecular complexity index is 1260. The van der Waals surface area contributed by atoms with Crippen LogP contribution in [0.25, 0.3) is 11.4 Å². The maximum atomic E-state index is 13.0. The molecule has 2 aromatic carbocycles. The summed E-state index contributed by atoms with van der Waals surface area (Å²) in [5, 5.41) is 12.9. The van der Waals surface area contributed by atoms with E-state index in [1.54, 1.807) is 36.1 Å². The molecule has 2 unspecified atom stereocenters. The molecule has 1 aromatic heterocycles. The van der Waals surface area contributed by atoms with Crippen LogP contribution in [0.3, 0.4) is 0 Å². The summed E-state index contributed by atoms with van der Waals surface area (Å²) in [5.74, 6) is 0.670. The van der Waals surface area contributed by atoms with Crippen molar-refractivity contribution in [3.8, 4) is 23.2 Å². The molecule has 0 radical (unpaired) electrons. The van der Waals surface area contributed by atoms with Gasteiger partial charge >= 0.3 is 6.18 Å². The van der Waals surface area contributed by atoms with Crippen molar-refractivity contribution in [3.05, 3.63) is 65.5 Å². The summed E-state index contributed by atoms with van der Waals surface area (Å²) in [6, 6.07) is 13.2. The molecular formula is C25H24F3N5O3. The molecule has 2 atom stereocenters. The van der Waals surface area contributed by atoms with Gasteiger partial charge in [0.1, 0.15) is 5.75 Å². The third-order valence-corrected chi connectivity index (χ3v) is 6.04. The van der Waals surface area contributed by atoms with E-state index >= 15 is 0 Å². The number of benzene rings is 2. The summed E-state index contributed by atoms with van der Waals surface area (Å²) in [7, 11) is 0. The fourth-order valence-electron chi connectivity index (χ4n) is 3.99. The molecule has 1 saturated heterocycles. The van der Waals surface area contributed by atoms with E-state index in [0.717, 1.165) is 12.1 Å². The highest BCUT2D eigenvalue weighted by Crippen LogP contribution is 2.32. The highest BCUT2D eigenvalue weighted by atomic mass is 19.4. The summed E-state index contributed by atoms with van der Waals surface area (Å²) in [6.45, 7) is 5.56. The first-order valence-corrected chi connectivity index (χ1v) is 11.4. The van der Waals surface area contributed by atoms with Crippen molar-refractivity contribution < 1.29 is 27.2 Å². The predicted molar refractivity (Wildman–Crippen MR) is 123 cm³/mol. The first-order valence-electron chi connectivity index (χ1n) is 11.4. The topological polar surface area (TPSA) is 95.5 Å². The van der Waals surface area contributed by atoms with Crippen molar-refractivity contribution in [1.82, 2.24) is 19.9 Å². The van der Waals surface area contributed by atoms with E-state index in [-0.39, 0.29) is 29.2 Å². The van der Waals surface area contributed by atoms with E-state index in [2.05, 4.69) is 15.0 Å². The predicted octanol–water partition coefficient (Wildman–Crippen LogP) is 4.30. The molecule has 0 spiro atoms. The lowest BCUT2D eigenvalue weighted by atomic mass is 10.1. The summed E-state index contributed by atoms with van der Waals surface area (Å²) in [5.41, 5.74) is -0.111. The summed E-state index contributed by atoms with van der Waals surface area (Å²) in [6.07, 6.45) is -5.18. The normalized spacial score (nSPS) is 16.3. The highest BCUT2D eigenvalue weighted by molar-refractivity contribution is 5.81. The number of amides is 1. The van der Waals surface area contributed by atoms with Crippen molar-refractivity contribution in [2.45, 2.75) is 32.2 Å². The zero-order valence-corrected chi connectivity index (χ0v) is 19.7. The van der Waals surface area contributed by atoms with Gasteiger partial charge in [-0.15, -0.1) is 0 Å². The van der Waals surface area contributed by atoms with Crippen LogP contribution in [0.2, 0.25) is 0 Å². The Morgan fingerprint density at radius 3 is 2.53 bits per heavy atom. The monoisotopic (exact) mass is 499 g/mol. The number of carbonyl (C=O) groups is 1. The Morgan fingerprint density at radius 1 is 1.11 bits per heavy atom. The van der Waals surface area contributed by atoms with Gasteiger partial charge in [-0.05, 0) is 44.2 Å². The third-order valence-electron chi connectivity index (χ3n) is 6.04. The molecule has 11 heteroatoms. The second kappa shape index (κ2) is 10.4. The number of ether oxygens (including phenoxy) is 1. The number of halogens is 3. The Morgan fingerprint density at radius 2 is 1.83 bits per heavy atom. The molecule has 8 nitrogen and oxygen atoms in total. The molecule has 0 saturated carbocycles. The molecule has 2 heterocycles. The lowest BCUT2D eigenvalue weighted by molar-refractivity contribution is -0.140. The fourth-order valence-corrected chi connectivity index (χ4v) is 3.99. The number of hydrogen-bond acceptors (Lipinski definition) is 7. The van der Waals surface area contributed by atoms with Gasteiger partial charge in [0.2, 0.25) is 11.7 Å². The average Bonchev–Trinajstić information content (AvgIpc) is 3.38. The number of alkyl halides is 3. The van der Waals surface area contributed by atoms with Gasteiger partial charge in [-0.25, -0.2) is 0 Å². The standard InChI is InChI=1S/C25H24F3N5O3/c1-16(23-30-22(31-36-23)19-6-4-7-20(14-19)25(26,27)28)32-9-11-33(12-10-32)24(34)17(2)35-21-8-3-5-18(13-21)15-29/h3-8,13-14,16-17H,9-12H2,1-2H3. The Hall–Kier alpha value is -3.91. The van der Waals surface area contributed by atoms with Crippen molar-refractivity contribution in [3.63, 3.8) is 0 Å². The minimum absolute atomic E-state index is 0.0863. The van der Waals surface area contributed by atoms with E-state index in [1.165, 1.54) is 12.1 Å². The van der Waals surface area contributed by atoms with E-state index in [0.29, 0.717) is 37.5 Å². The maximum absolute atomic E-state index is 13.0. The van der Waals surface area contributed by atoms with Gasteiger partial charge in [-0.3, -0.25) is 9.69 Å². The molecule has 0 N–H and O–H groups in total. The number of rotatable bonds is 6. The minimum Gasteiger partial charge on any atom is -0.481 e. The zero-order chi connectivity index (χ0) is 25.9. The van der Waals surface area contributed by atoms with Gasteiger partial charge in [-0.2, -0.15) is 23.4 Å². The molecule has 1 amide bonds. The van der Waals surface area contributed by atoms with Gasteiger partial charge in [0.05, 0.1) is 23.2 Å². The van der Waals surface area contributed by atoms with Gasteiger partial charge < -0.3 is 14.2 Å². The number of nitriles is 1. The fraction of sp³-hybridized carbons (Fsp3) is 0.360. The largest absolute Gasteiger partial charge is 0.481 e. The number of piperazine rings is 1. The first-order chi connectivity index (χ1) is 17.2. The molecule has 36 heavy (non-hydrogen) atoms. The van der Waals surface area contributed by atoms with Gasteiger partial charge in [0.15, 0.2) is 6.10 Å². The second-order valence-electron chi connectivity index (χ2n) is 8.47. The molecule has 3 aromatic rings. The van der Waals surface area contributed by atoms with Crippen LogP contribution in [0.4, 0.5) is 13.2 Å². The molecule has 0 bridgehead atoms. The van der Waals surface area contributed by atoms with E-state index in [9.17, 15) is 18.0 Å². The SMILES string of the molecule is CC(Oc1cccc(C#N)c1)C(=O)N1CCN(C(C)c2nc(-c3cccc(C(F)(F)F)c3)no2)CC1. The van der Waals surface area contributed by atoms with Gasteiger partial charge in [0, 0.05) is 31.7 Å². The van der Waals surface area contributed by atoms with Crippen LogP contribution in [0.15, 0.2) is 53.1 Å².